The number of nitrogens with zero attached hydrogens (tertiary/aromatic N) is 4. The number of hydrogen-bond acceptors (Lipinski definition) is 1. The van der Waals surface area contributed by atoms with Gasteiger partial charge in [-0.25, -0.2) is 9.41 Å². The van der Waals surface area contributed by atoms with Crippen LogP contribution in [0, 0.1) is 20.4 Å². The van der Waals surface area contributed by atoms with Gasteiger partial charge in [-0.2, -0.15) is 0 Å². The van der Waals surface area contributed by atoms with Crippen molar-refractivity contribution in [2.75, 3.05) is 0 Å². The van der Waals surface area contributed by atoms with Crippen LogP contribution in [0.5, 0.6) is 0 Å². The van der Waals surface area contributed by atoms with Gasteiger partial charge in [0.05, 0.1) is 19.1 Å². The van der Waals surface area contributed by atoms with Gasteiger partial charge in [0.15, 0.2) is 11.2 Å². The fourth-order valence-corrected chi connectivity index (χ4v) is 4.75. The lowest BCUT2D eigenvalue weighted by Gasteiger charge is -2.15. The van der Waals surface area contributed by atoms with Gasteiger partial charge in [-0.3, -0.25) is 0 Å². The van der Waals surface area contributed by atoms with Crippen LogP contribution < -0.4 is 4.57 Å². The Kier molecular flexibility index (Phi) is 2.72. The van der Waals surface area contributed by atoms with Crippen molar-refractivity contribution in [1.29, 1.82) is 0 Å². The zero-order chi connectivity index (χ0) is 19.2. The lowest BCUT2D eigenvalue weighted by atomic mass is 9.95. The molecule has 132 valence electrons. The SMILES string of the molecule is [C-]#[N+]c1ccc2c3nc[n+](C)c4c5c(C)c(C)cc6cccc(c65)n(c2c1)c34. The number of pyridine rings is 1. The first-order valence-electron chi connectivity index (χ1n) is 9.34. The van der Waals surface area contributed by atoms with Gasteiger partial charge < -0.3 is 4.40 Å². The Morgan fingerprint density at radius 2 is 1.89 bits per heavy atom. The fourth-order valence-electron chi connectivity index (χ4n) is 4.75. The molecule has 0 radical (unpaired) electrons. The molecule has 0 aliphatic heterocycles. The van der Waals surface area contributed by atoms with E-state index >= 15 is 0 Å². The lowest BCUT2D eigenvalue weighted by molar-refractivity contribution is -0.647. The largest absolute Gasteiger partial charge is 0.303 e. The van der Waals surface area contributed by atoms with Gasteiger partial charge in [-0.05, 0) is 47.5 Å². The lowest BCUT2D eigenvalue weighted by Crippen LogP contribution is -2.30. The molecule has 0 aliphatic rings. The highest BCUT2D eigenvalue weighted by Crippen LogP contribution is 2.40. The molecule has 0 saturated carbocycles. The maximum atomic E-state index is 7.45. The molecule has 0 saturated heterocycles. The fraction of sp³-hybridized carbons (Fsp3) is 0.125. The summed E-state index contributed by atoms with van der Waals surface area (Å²) in [6.07, 6.45) is 1.91. The Morgan fingerprint density at radius 1 is 1.04 bits per heavy atom. The second kappa shape index (κ2) is 4.96. The van der Waals surface area contributed by atoms with Crippen LogP contribution in [-0.4, -0.2) is 9.38 Å². The molecule has 0 amide bonds. The molecule has 6 aromatic rings. The molecule has 6 rings (SSSR count). The third-order valence-electron chi connectivity index (χ3n) is 6.13. The molecule has 0 N–H and O–H groups in total. The molecule has 0 aliphatic carbocycles. The van der Waals surface area contributed by atoms with Crippen molar-refractivity contribution >= 4 is 54.8 Å². The molecule has 4 heteroatoms. The van der Waals surface area contributed by atoms with Crippen LogP contribution in [0.3, 0.4) is 0 Å². The van der Waals surface area contributed by atoms with Crippen molar-refractivity contribution in [3.05, 3.63) is 71.3 Å². The van der Waals surface area contributed by atoms with Gasteiger partial charge in [0.2, 0.25) is 5.52 Å². The summed E-state index contributed by atoms with van der Waals surface area (Å²) >= 11 is 0. The van der Waals surface area contributed by atoms with E-state index in [-0.39, 0.29) is 0 Å². The molecular formula is C24H17N4+. The topological polar surface area (TPSA) is 25.5 Å². The first-order valence-corrected chi connectivity index (χ1v) is 9.34. The molecule has 3 aromatic carbocycles. The van der Waals surface area contributed by atoms with Gasteiger partial charge in [-0.1, -0.05) is 30.3 Å². The number of aryl methyl sites for hydroxylation is 3. The maximum Gasteiger partial charge on any atom is 0.287 e. The predicted octanol–water partition coefficient (Wildman–Crippen LogP) is 5.38. The Bertz CT molecular complexity index is 1650. The Hall–Kier alpha value is -3.71. The van der Waals surface area contributed by atoms with E-state index in [2.05, 4.69) is 59.0 Å². The highest BCUT2D eigenvalue weighted by Gasteiger charge is 2.25. The van der Waals surface area contributed by atoms with E-state index in [1.165, 1.54) is 38.3 Å². The van der Waals surface area contributed by atoms with E-state index in [1.807, 2.05) is 24.5 Å². The van der Waals surface area contributed by atoms with E-state index in [0.29, 0.717) is 5.69 Å². The van der Waals surface area contributed by atoms with Crippen molar-refractivity contribution in [1.82, 2.24) is 9.38 Å². The monoisotopic (exact) mass is 361 g/mol. The molecule has 28 heavy (non-hydrogen) atoms. The van der Waals surface area contributed by atoms with Crippen LogP contribution in [0.1, 0.15) is 11.1 Å². The molecule has 0 bridgehead atoms. The van der Waals surface area contributed by atoms with Crippen molar-refractivity contribution in [3.8, 4) is 0 Å². The summed E-state index contributed by atoms with van der Waals surface area (Å²) in [5.74, 6) is 0. The summed E-state index contributed by atoms with van der Waals surface area (Å²) in [4.78, 5) is 8.44. The quantitative estimate of drug-likeness (QED) is 0.154. The maximum absolute atomic E-state index is 7.45. The van der Waals surface area contributed by atoms with Gasteiger partial charge in [0.25, 0.3) is 6.33 Å². The van der Waals surface area contributed by atoms with E-state index < -0.39 is 0 Å². The summed E-state index contributed by atoms with van der Waals surface area (Å²) in [5, 5.41) is 4.89. The third-order valence-corrected chi connectivity index (χ3v) is 6.13. The highest BCUT2D eigenvalue weighted by molar-refractivity contribution is 6.25. The molecule has 0 fully saturated rings. The minimum absolute atomic E-state index is 0.649. The number of hydrogen-bond donors (Lipinski definition) is 0. The summed E-state index contributed by atoms with van der Waals surface area (Å²) in [5.41, 5.74) is 8.76. The van der Waals surface area contributed by atoms with Gasteiger partial charge in [0, 0.05) is 21.7 Å². The van der Waals surface area contributed by atoms with Crippen molar-refractivity contribution in [2.24, 2.45) is 7.05 Å². The second-order valence-corrected chi connectivity index (χ2v) is 7.62. The highest BCUT2D eigenvalue weighted by atomic mass is 15.0. The normalized spacial score (nSPS) is 12.1. The van der Waals surface area contributed by atoms with E-state index in [4.69, 9.17) is 11.6 Å². The standard InChI is InChI=1S/C24H17N4/c1-13-10-15-6-5-7-18-21(15)20(14(13)2)23-24-22(26-12-27(23)4)17-9-8-16(25-3)11-19(17)28(18)24/h5-12H,1-2,4H3/q+1. The molecular weight excluding hydrogens is 344 g/mol. The Labute approximate surface area is 161 Å². The first kappa shape index (κ1) is 15.4. The smallest absolute Gasteiger partial charge is 0.287 e. The Balaban J connectivity index is 2.12. The van der Waals surface area contributed by atoms with Crippen LogP contribution >= 0.6 is 0 Å². The van der Waals surface area contributed by atoms with Crippen molar-refractivity contribution < 1.29 is 4.57 Å². The molecule has 0 atom stereocenters. The van der Waals surface area contributed by atoms with Crippen LogP contribution in [0.15, 0.2) is 48.8 Å². The summed E-state index contributed by atoms with van der Waals surface area (Å²) in [6, 6.07) is 14.7. The molecule has 4 nitrogen and oxygen atoms in total. The van der Waals surface area contributed by atoms with Crippen LogP contribution in [0.25, 0.3) is 54.0 Å². The second-order valence-electron chi connectivity index (χ2n) is 7.62. The van der Waals surface area contributed by atoms with Crippen LogP contribution in [0.2, 0.25) is 0 Å². The average Bonchev–Trinajstić information content (AvgIpc) is 3.03. The zero-order valence-electron chi connectivity index (χ0n) is 15.9. The predicted molar refractivity (Wildman–Crippen MR) is 113 cm³/mol. The Morgan fingerprint density at radius 3 is 2.71 bits per heavy atom. The number of aromatic nitrogens is 3. The van der Waals surface area contributed by atoms with Crippen LogP contribution in [0.4, 0.5) is 5.69 Å². The molecule has 3 heterocycles. The van der Waals surface area contributed by atoms with Gasteiger partial charge in [0.1, 0.15) is 5.52 Å². The van der Waals surface area contributed by atoms with Gasteiger partial charge in [-0.15, -0.1) is 0 Å². The van der Waals surface area contributed by atoms with E-state index in [9.17, 15) is 0 Å². The third kappa shape index (κ3) is 1.65. The number of rotatable bonds is 0. The molecule has 0 unspecified atom stereocenters. The van der Waals surface area contributed by atoms with E-state index in [0.717, 1.165) is 21.9 Å². The average molecular weight is 361 g/mol. The van der Waals surface area contributed by atoms with Gasteiger partial charge >= 0.3 is 0 Å². The summed E-state index contributed by atoms with van der Waals surface area (Å²) in [6.45, 7) is 11.8. The summed E-state index contributed by atoms with van der Waals surface area (Å²) < 4.78 is 4.43. The minimum Gasteiger partial charge on any atom is -0.303 e. The first-order chi connectivity index (χ1) is 13.6. The van der Waals surface area contributed by atoms with Crippen molar-refractivity contribution in [2.45, 2.75) is 13.8 Å². The molecule has 3 aromatic heterocycles. The minimum atomic E-state index is 0.649. The summed E-state index contributed by atoms with van der Waals surface area (Å²) in [7, 11) is 2.07. The van der Waals surface area contributed by atoms with Crippen molar-refractivity contribution in [3.63, 3.8) is 0 Å². The molecule has 0 spiro atoms. The number of benzene rings is 3. The number of fused-ring (bicyclic) bond motifs is 5. The van der Waals surface area contributed by atoms with Crippen LogP contribution in [-0.2, 0) is 7.05 Å². The zero-order valence-corrected chi connectivity index (χ0v) is 15.9. The van der Waals surface area contributed by atoms with E-state index in [1.54, 1.807) is 0 Å².